The molecule has 0 spiro atoms. The molecule has 5 nitrogen and oxygen atoms in total. The van der Waals surface area contributed by atoms with E-state index in [2.05, 4.69) is 21.7 Å². The molecule has 1 aliphatic heterocycles. The van der Waals surface area contributed by atoms with Gasteiger partial charge in [0.1, 0.15) is 17.9 Å². The lowest BCUT2D eigenvalue weighted by molar-refractivity contribution is 0.0914. The molecule has 23 heavy (non-hydrogen) atoms. The molecule has 1 aliphatic rings. The SMILES string of the molecule is CCOCc1nc2cnc3ccccc3c2n1C[C@@H]1CCCO1. The minimum atomic E-state index is 0.264. The van der Waals surface area contributed by atoms with Crippen LogP contribution in [0.15, 0.2) is 30.5 Å². The van der Waals surface area contributed by atoms with E-state index < -0.39 is 0 Å². The van der Waals surface area contributed by atoms with Crippen molar-refractivity contribution in [2.45, 2.75) is 39.0 Å². The van der Waals surface area contributed by atoms with Crippen molar-refractivity contribution in [1.82, 2.24) is 14.5 Å². The topological polar surface area (TPSA) is 49.2 Å². The Kier molecular flexibility index (Phi) is 3.97. The summed E-state index contributed by atoms with van der Waals surface area (Å²) in [6.45, 7) is 4.89. The Morgan fingerprint density at radius 2 is 2.22 bits per heavy atom. The van der Waals surface area contributed by atoms with Crippen LogP contribution < -0.4 is 0 Å². The number of hydrogen-bond acceptors (Lipinski definition) is 4. The van der Waals surface area contributed by atoms with Crippen LogP contribution in [-0.2, 0) is 22.6 Å². The summed E-state index contributed by atoms with van der Waals surface area (Å²) in [6, 6.07) is 8.22. The van der Waals surface area contributed by atoms with Crippen molar-refractivity contribution in [3.63, 3.8) is 0 Å². The van der Waals surface area contributed by atoms with Crippen molar-refractivity contribution in [3.05, 3.63) is 36.3 Å². The summed E-state index contributed by atoms with van der Waals surface area (Å²) in [6.07, 6.45) is 4.37. The standard InChI is InChI=1S/C18H21N3O2/c1-2-22-12-17-20-16-10-19-15-8-4-3-7-14(15)18(16)21(17)11-13-6-5-9-23-13/h3-4,7-8,10,13H,2,5-6,9,11-12H2,1H3/t13-/m0/s1. The molecule has 0 aliphatic carbocycles. The number of benzene rings is 1. The fraction of sp³-hybridized carbons (Fsp3) is 0.444. The predicted octanol–water partition coefficient (Wildman–Crippen LogP) is 3.30. The number of para-hydroxylation sites is 1. The van der Waals surface area contributed by atoms with Crippen molar-refractivity contribution in [3.8, 4) is 0 Å². The molecular formula is C18H21N3O2. The number of rotatable bonds is 5. The van der Waals surface area contributed by atoms with E-state index in [1.165, 1.54) is 0 Å². The fourth-order valence-corrected chi connectivity index (χ4v) is 3.30. The number of aromatic nitrogens is 3. The average Bonchev–Trinajstić information content (AvgIpc) is 3.21. The Bertz CT molecular complexity index is 822. The lowest BCUT2D eigenvalue weighted by Gasteiger charge is -2.15. The molecule has 120 valence electrons. The van der Waals surface area contributed by atoms with E-state index in [0.717, 1.165) is 53.8 Å². The van der Waals surface area contributed by atoms with E-state index in [0.29, 0.717) is 13.2 Å². The first-order valence-corrected chi connectivity index (χ1v) is 8.29. The second-order valence-electron chi connectivity index (χ2n) is 5.92. The molecule has 0 saturated carbocycles. The molecule has 1 saturated heterocycles. The summed E-state index contributed by atoms with van der Waals surface area (Å²) in [5, 5.41) is 1.14. The number of ether oxygens (including phenoxy) is 2. The lowest BCUT2D eigenvalue weighted by Crippen LogP contribution is -2.17. The fourth-order valence-electron chi connectivity index (χ4n) is 3.30. The van der Waals surface area contributed by atoms with Crippen LogP contribution in [0.5, 0.6) is 0 Å². The zero-order valence-electron chi connectivity index (χ0n) is 13.4. The largest absolute Gasteiger partial charge is 0.376 e. The Morgan fingerprint density at radius 1 is 1.30 bits per heavy atom. The maximum Gasteiger partial charge on any atom is 0.136 e. The third-order valence-electron chi connectivity index (χ3n) is 4.40. The molecule has 0 radical (unpaired) electrons. The van der Waals surface area contributed by atoms with E-state index in [9.17, 15) is 0 Å². The van der Waals surface area contributed by atoms with Crippen LogP contribution >= 0.6 is 0 Å². The van der Waals surface area contributed by atoms with Gasteiger partial charge in [0, 0.05) is 18.6 Å². The van der Waals surface area contributed by atoms with Crippen LogP contribution in [0.4, 0.5) is 0 Å². The predicted molar refractivity (Wildman–Crippen MR) is 89.3 cm³/mol. The van der Waals surface area contributed by atoms with Crippen LogP contribution in [-0.4, -0.2) is 33.9 Å². The lowest BCUT2D eigenvalue weighted by atomic mass is 10.2. The normalized spacial score (nSPS) is 18.2. The highest BCUT2D eigenvalue weighted by Crippen LogP contribution is 2.27. The molecular weight excluding hydrogens is 290 g/mol. The highest BCUT2D eigenvalue weighted by molar-refractivity contribution is 6.02. The van der Waals surface area contributed by atoms with E-state index in [1.807, 2.05) is 25.3 Å². The van der Waals surface area contributed by atoms with Gasteiger partial charge in [0.05, 0.1) is 29.9 Å². The summed E-state index contributed by atoms with van der Waals surface area (Å²) in [7, 11) is 0. The Morgan fingerprint density at radius 3 is 3.04 bits per heavy atom. The molecule has 1 aromatic carbocycles. The molecule has 5 heteroatoms. The summed E-state index contributed by atoms with van der Waals surface area (Å²) in [5.41, 5.74) is 3.06. The van der Waals surface area contributed by atoms with Gasteiger partial charge in [0.25, 0.3) is 0 Å². The Balaban J connectivity index is 1.87. The molecule has 1 fully saturated rings. The van der Waals surface area contributed by atoms with Crippen LogP contribution in [0.3, 0.4) is 0 Å². The summed E-state index contributed by atoms with van der Waals surface area (Å²) < 4.78 is 13.7. The van der Waals surface area contributed by atoms with Crippen LogP contribution in [0.1, 0.15) is 25.6 Å². The van der Waals surface area contributed by atoms with Gasteiger partial charge in [0.15, 0.2) is 0 Å². The van der Waals surface area contributed by atoms with Gasteiger partial charge >= 0.3 is 0 Å². The van der Waals surface area contributed by atoms with Crippen LogP contribution in [0.25, 0.3) is 21.9 Å². The van der Waals surface area contributed by atoms with E-state index >= 15 is 0 Å². The van der Waals surface area contributed by atoms with Gasteiger partial charge in [-0.25, -0.2) is 4.98 Å². The first-order chi connectivity index (χ1) is 11.4. The molecule has 4 rings (SSSR count). The first kappa shape index (κ1) is 14.6. The van der Waals surface area contributed by atoms with Crippen molar-refractivity contribution in [2.24, 2.45) is 0 Å². The monoisotopic (exact) mass is 311 g/mol. The summed E-state index contributed by atoms with van der Waals surface area (Å²) in [4.78, 5) is 9.29. The maximum atomic E-state index is 5.84. The van der Waals surface area contributed by atoms with Gasteiger partial charge in [-0.15, -0.1) is 0 Å². The summed E-state index contributed by atoms with van der Waals surface area (Å²) >= 11 is 0. The minimum Gasteiger partial charge on any atom is -0.376 e. The van der Waals surface area contributed by atoms with Crippen molar-refractivity contribution < 1.29 is 9.47 Å². The van der Waals surface area contributed by atoms with Gasteiger partial charge in [0.2, 0.25) is 0 Å². The van der Waals surface area contributed by atoms with Crippen LogP contribution in [0, 0.1) is 0 Å². The molecule has 2 aromatic heterocycles. The molecule has 0 unspecified atom stereocenters. The highest BCUT2D eigenvalue weighted by atomic mass is 16.5. The third kappa shape index (κ3) is 2.71. The number of fused-ring (bicyclic) bond motifs is 3. The molecule has 0 amide bonds. The average molecular weight is 311 g/mol. The van der Waals surface area contributed by atoms with E-state index in [1.54, 1.807) is 0 Å². The number of nitrogens with zero attached hydrogens (tertiary/aromatic N) is 3. The maximum absolute atomic E-state index is 5.84. The quantitative estimate of drug-likeness (QED) is 0.725. The van der Waals surface area contributed by atoms with Crippen LogP contribution in [0.2, 0.25) is 0 Å². The number of imidazole rings is 1. The van der Waals surface area contributed by atoms with Gasteiger partial charge < -0.3 is 14.0 Å². The van der Waals surface area contributed by atoms with Gasteiger partial charge in [-0.1, -0.05) is 18.2 Å². The zero-order chi connectivity index (χ0) is 15.6. The third-order valence-corrected chi connectivity index (χ3v) is 4.40. The Hall–Kier alpha value is -1.98. The zero-order valence-corrected chi connectivity index (χ0v) is 13.4. The smallest absolute Gasteiger partial charge is 0.136 e. The second kappa shape index (κ2) is 6.26. The molecule has 1 atom stereocenters. The van der Waals surface area contributed by atoms with Crippen molar-refractivity contribution in [1.29, 1.82) is 0 Å². The first-order valence-electron chi connectivity index (χ1n) is 8.29. The summed E-state index contributed by atoms with van der Waals surface area (Å²) in [5.74, 6) is 0.954. The number of hydrogen-bond donors (Lipinski definition) is 0. The minimum absolute atomic E-state index is 0.264. The molecule has 0 bridgehead atoms. The molecule has 3 aromatic rings. The molecule has 3 heterocycles. The van der Waals surface area contributed by atoms with Gasteiger partial charge in [-0.05, 0) is 25.8 Å². The van der Waals surface area contributed by atoms with Gasteiger partial charge in [-0.2, -0.15) is 0 Å². The van der Waals surface area contributed by atoms with Crippen molar-refractivity contribution in [2.75, 3.05) is 13.2 Å². The van der Waals surface area contributed by atoms with E-state index in [4.69, 9.17) is 14.5 Å². The number of pyridine rings is 1. The second-order valence-corrected chi connectivity index (χ2v) is 5.92. The van der Waals surface area contributed by atoms with Gasteiger partial charge in [-0.3, -0.25) is 4.98 Å². The molecule has 0 N–H and O–H groups in total. The Labute approximate surface area is 135 Å². The van der Waals surface area contributed by atoms with Crippen molar-refractivity contribution >= 4 is 21.9 Å². The van der Waals surface area contributed by atoms with E-state index in [-0.39, 0.29) is 6.10 Å². The highest BCUT2D eigenvalue weighted by Gasteiger charge is 2.21.